The van der Waals surface area contributed by atoms with Crippen molar-refractivity contribution in [1.29, 1.82) is 0 Å². The van der Waals surface area contributed by atoms with Crippen LogP contribution in [-0.4, -0.2) is 19.2 Å². The fourth-order valence-electron chi connectivity index (χ4n) is 3.58. The fourth-order valence-corrected chi connectivity index (χ4v) is 4.15. The summed E-state index contributed by atoms with van der Waals surface area (Å²) in [6, 6.07) is 25.4. The van der Waals surface area contributed by atoms with Crippen molar-refractivity contribution in [2.75, 3.05) is 7.11 Å². The number of hydrogen-bond acceptors (Lipinski definition) is 4. The minimum Gasteiger partial charge on any atom is -0.493 e. The summed E-state index contributed by atoms with van der Waals surface area (Å²) in [6.07, 6.45) is 1.57. The molecule has 0 aliphatic heterocycles. The first-order chi connectivity index (χ1) is 16.1. The SMILES string of the molecule is COc1cc(/C=N\NC(=O)c2ccccc2C)cc(Br)c1OCc1cccc2ccccc12. The molecule has 4 aromatic rings. The number of methoxy groups -OCH3 is 1. The summed E-state index contributed by atoms with van der Waals surface area (Å²) in [4.78, 5) is 12.3. The van der Waals surface area contributed by atoms with Gasteiger partial charge in [0.1, 0.15) is 6.61 Å². The van der Waals surface area contributed by atoms with Gasteiger partial charge in [0, 0.05) is 5.56 Å². The Morgan fingerprint density at radius 2 is 1.79 bits per heavy atom. The Bertz CT molecular complexity index is 1330. The first-order valence-corrected chi connectivity index (χ1v) is 11.2. The number of halogens is 1. The number of carbonyl (C=O) groups excluding carboxylic acids is 1. The molecule has 4 aromatic carbocycles. The topological polar surface area (TPSA) is 59.9 Å². The summed E-state index contributed by atoms with van der Waals surface area (Å²) in [5.74, 6) is 0.910. The van der Waals surface area contributed by atoms with Crippen LogP contribution in [-0.2, 0) is 6.61 Å². The van der Waals surface area contributed by atoms with E-state index in [4.69, 9.17) is 9.47 Å². The van der Waals surface area contributed by atoms with Crippen molar-refractivity contribution in [1.82, 2.24) is 5.43 Å². The molecule has 0 atom stereocenters. The molecular formula is C27H23BrN2O3. The summed E-state index contributed by atoms with van der Waals surface area (Å²) in [5, 5.41) is 6.42. The highest BCUT2D eigenvalue weighted by Gasteiger charge is 2.13. The van der Waals surface area contributed by atoms with Crippen LogP contribution in [0.15, 0.2) is 88.4 Å². The van der Waals surface area contributed by atoms with E-state index in [2.05, 4.69) is 50.7 Å². The molecule has 4 rings (SSSR count). The van der Waals surface area contributed by atoms with Crippen molar-refractivity contribution >= 4 is 38.8 Å². The van der Waals surface area contributed by atoms with Gasteiger partial charge < -0.3 is 9.47 Å². The van der Waals surface area contributed by atoms with Crippen LogP contribution in [0.25, 0.3) is 10.8 Å². The molecule has 0 unspecified atom stereocenters. The summed E-state index contributed by atoms with van der Waals surface area (Å²) < 4.78 is 12.4. The highest BCUT2D eigenvalue weighted by Crippen LogP contribution is 2.37. The fraction of sp³-hybridized carbons (Fsp3) is 0.111. The van der Waals surface area contributed by atoms with Gasteiger partial charge in [-0.1, -0.05) is 60.7 Å². The summed E-state index contributed by atoms with van der Waals surface area (Å²) in [6.45, 7) is 2.29. The second kappa shape index (κ2) is 10.3. The van der Waals surface area contributed by atoms with Crippen LogP contribution < -0.4 is 14.9 Å². The van der Waals surface area contributed by atoms with Crippen molar-refractivity contribution in [2.24, 2.45) is 5.10 Å². The Morgan fingerprint density at radius 1 is 1.03 bits per heavy atom. The van der Waals surface area contributed by atoms with Crippen molar-refractivity contribution in [2.45, 2.75) is 13.5 Å². The molecule has 33 heavy (non-hydrogen) atoms. The van der Waals surface area contributed by atoms with Gasteiger partial charge in [0.25, 0.3) is 5.91 Å². The number of rotatable bonds is 7. The number of benzene rings is 4. The Hall–Kier alpha value is -3.64. The number of ether oxygens (including phenoxy) is 2. The van der Waals surface area contributed by atoms with Gasteiger partial charge in [-0.2, -0.15) is 5.10 Å². The number of hydrogen-bond donors (Lipinski definition) is 1. The van der Waals surface area contributed by atoms with Gasteiger partial charge >= 0.3 is 0 Å². The van der Waals surface area contributed by atoms with Crippen LogP contribution in [0.5, 0.6) is 11.5 Å². The molecule has 0 saturated carbocycles. The first-order valence-electron chi connectivity index (χ1n) is 10.4. The lowest BCUT2D eigenvalue weighted by atomic mass is 10.1. The first kappa shape index (κ1) is 22.6. The van der Waals surface area contributed by atoms with Gasteiger partial charge in [-0.3, -0.25) is 4.79 Å². The molecule has 0 radical (unpaired) electrons. The monoisotopic (exact) mass is 502 g/mol. The normalized spacial score (nSPS) is 11.0. The highest BCUT2D eigenvalue weighted by molar-refractivity contribution is 9.10. The van der Waals surface area contributed by atoms with E-state index in [9.17, 15) is 4.79 Å². The van der Waals surface area contributed by atoms with E-state index in [-0.39, 0.29) is 5.91 Å². The predicted molar refractivity (Wildman–Crippen MR) is 135 cm³/mol. The third kappa shape index (κ3) is 5.23. The number of nitrogens with zero attached hydrogens (tertiary/aromatic N) is 1. The average molecular weight is 503 g/mol. The van der Waals surface area contributed by atoms with Crippen molar-refractivity contribution < 1.29 is 14.3 Å². The number of carbonyl (C=O) groups is 1. The van der Waals surface area contributed by atoms with Crippen molar-refractivity contribution in [3.63, 3.8) is 0 Å². The molecule has 6 heteroatoms. The van der Waals surface area contributed by atoms with E-state index in [1.165, 1.54) is 5.39 Å². The Kier molecular flexibility index (Phi) is 7.05. The molecule has 0 aliphatic carbocycles. The zero-order valence-electron chi connectivity index (χ0n) is 18.3. The maximum Gasteiger partial charge on any atom is 0.271 e. The summed E-state index contributed by atoms with van der Waals surface area (Å²) in [5.41, 5.74) is 5.89. The molecule has 0 aliphatic rings. The van der Waals surface area contributed by atoms with E-state index in [1.54, 1.807) is 19.4 Å². The predicted octanol–water partition coefficient (Wildman–Crippen LogP) is 6.26. The largest absolute Gasteiger partial charge is 0.493 e. The Labute approximate surface area is 201 Å². The van der Waals surface area contributed by atoms with Gasteiger partial charge in [-0.05, 0) is 68.5 Å². The van der Waals surface area contributed by atoms with E-state index in [1.807, 2.05) is 55.5 Å². The summed E-state index contributed by atoms with van der Waals surface area (Å²) >= 11 is 3.58. The van der Waals surface area contributed by atoms with E-state index in [0.29, 0.717) is 23.7 Å². The van der Waals surface area contributed by atoms with Crippen molar-refractivity contribution in [3.8, 4) is 11.5 Å². The molecule has 0 heterocycles. The lowest BCUT2D eigenvalue weighted by Crippen LogP contribution is -2.18. The Balaban J connectivity index is 1.49. The lowest BCUT2D eigenvalue weighted by molar-refractivity contribution is 0.0954. The average Bonchev–Trinajstić information content (AvgIpc) is 2.83. The molecular weight excluding hydrogens is 480 g/mol. The minimum absolute atomic E-state index is 0.259. The lowest BCUT2D eigenvalue weighted by Gasteiger charge is -2.14. The molecule has 0 aromatic heterocycles. The zero-order valence-corrected chi connectivity index (χ0v) is 19.9. The number of hydrazone groups is 1. The van der Waals surface area contributed by atoms with Gasteiger partial charge in [0.2, 0.25) is 0 Å². The second-order valence-electron chi connectivity index (χ2n) is 7.48. The van der Waals surface area contributed by atoms with Crippen LogP contribution >= 0.6 is 15.9 Å². The number of aryl methyl sites for hydroxylation is 1. The van der Waals surface area contributed by atoms with Crippen LogP contribution in [0.3, 0.4) is 0 Å². The smallest absolute Gasteiger partial charge is 0.271 e. The molecule has 1 amide bonds. The minimum atomic E-state index is -0.259. The van der Waals surface area contributed by atoms with E-state index < -0.39 is 0 Å². The van der Waals surface area contributed by atoms with Gasteiger partial charge in [0.05, 0.1) is 17.8 Å². The molecule has 0 fully saturated rings. The highest BCUT2D eigenvalue weighted by atomic mass is 79.9. The summed E-state index contributed by atoms with van der Waals surface area (Å²) in [7, 11) is 1.59. The van der Waals surface area contributed by atoms with E-state index >= 15 is 0 Å². The van der Waals surface area contributed by atoms with Crippen LogP contribution in [0.4, 0.5) is 0 Å². The van der Waals surface area contributed by atoms with Crippen molar-refractivity contribution in [3.05, 3.63) is 106 Å². The molecule has 0 saturated heterocycles. The van der Waals surface area contributed by atoms with Gasteiger partial charge in [-0.25, -0.2) is 5.43 Å². The quantitative estimate of drug-likeness (QED) is 0.239. The maximum atomic E-state index is 12.3. The number of nitrogens with one attached hydrogen (secondary N) is 1. The number of fused-ring (bicyclic) bond motifs is 1. The Morgan fingerprint density at radius 3 is 2.61 bits per heavy atom. The standard InChI is InChI=1S/C27H23BrN2O3/c1-18-8-3-5-12-22(18)27(31)30-29-16-19-14-24(28)26(25(15-19)32-2)33-17-21-11-7-10-20-9-4-6-13-23(20)21/h3-16H,17H2,1-2H3,(H,30,31)/b29-16-. The maximum absolute atomic E-state index is 12.3. The van der Waals surface area contributed by atoms with Crippen LogP contribution in [0.2, 0.25) is 0 Å². The molecule has 166 valence electrons. The van der Waals surface area contributed by atoms with E-state index in [0.717, 1.165) is 26.5 Å². The van der Waals surface area contributed by atoms with Crippen LogP contribution in [0, 0.1) is 6.92 Å². The third-order valence-electron chi connectivity index (χ3n) is 5.27. The zero-order chi connectivity index (χ0) is 23.2. The van der Waals surface area contributed by atoms with Crippen LogP contribution in [0.1, 0.15) is 27.0 Å². The van der Waals surface area contributed by atoms with Gasteiger partial charge in [-0.15, -0.1) is 0 Å². The molecule has 5 nitrogen and oxygen atoms in total. The second-order valence-corrected chi connectivity index (χ2v) is 8.33. The third-order valence-corrected chi connectivity index (χ3v) is 5.86. The molecule has 1 N–H and O–H groups in total. The molecule has 0 bridgehead atoms. The molecule has 0 spiro atoms. The van der Waals surface area contributed by atoms with Gasteiger partial charge in [0.15, 0.2) is 11.5 Å². The number of amides is 1.